The van der Waals surface area contributed by atoms with Crippen molar-refractivity contribution in [3.63, 3.8) is 0 Å². The molecule has 1 heterocycles. The number of nitrogens with zero attached hydrogens (tertiary/aromatic N) is 2. The predicted molar refractivity (Wildman–Crippen MR) is 79.5 cm³/mol. The number of aromatic nitrogens is 2. The van der Waals surface area contributed by atoms with Crippen LogP contribution in [0.5, 0.6) is 0 Å². The molecule has 8 heteroatoms. The summed E-state index contributed by atoms with van der Waals surface area (Å²) in [5.41, 5.74) is 5.86. The second kappa shape index (κ2) is 6.82. The van der Waals surface area contributed by atoms with E-state index < -0.39 is 11.7 Å². The fourth-order valence-corrected chi connectivity index (χ4v) is 2.13. The van der Waals surface area contributed by atoms with Crippen LogP contribution in [-0.4, -0.2) is 15.7 Å². The average Bonchev–Trinajstić information content (AvgIpc) is 2.89. The molecule has 0 aliphatic rings. The summed E-state index contributed by atoms with van der Waals surface area (Å²) >= 11 is 0. The van der Waals surface area contributed by atoms with Crippen LogP contribution in [0.3, 0.4) is 0 Å². The third-order valence-corrected chi connectivity index (χ3v) is 3.24. The molecule has 1 aromatic carbocycles. The van der Waals surface area contributed by atoms with E-state index in [1.54, 1.807) is 24.1 Å². The number of carbonyl (C=O) groups excluding carboxylic acids is 1. The Balaban J connectivity index is 2.05. The van der Waals surface area contributed by atoms with Gasteiger partial charge in [0.25, 0.3) is 0 Å². The molecule has 0 aliphatic carbocycles. The van der Waals surface area contributed by atoms with Crippen molar-refractivity contribution < 1.29 is 18.0 Å². The fraction of sp³-hybridized carbons (Fsp3) is 0.333. The first-order valence-electron chi connectivity index (χ1n) is 6.96. The van der Waals surface area contributed by atoms with Crippen molar-refractivity contribution in [1.29, 1.82) is 0 Å². The number of alkyl halides is 3. The van der Waals surface area contributed by atoms with E-state index >= 15 is 0 Å². The van der Waals surface area contributed by atoms with Crippen molar-refractivity contribution >= 4 is 11.6 Å². The lowest BCUT2D eigenvalue weighted by molar-refractivity contribution is -0.137. The van der Waals surface area contributed by atoms with Crippen molar-refractivity contribution in [1.82, 2.24) is 9.78 Å². The number of rotatable bonds is 5. The molecule has 23 heavy (non-hydrogen) atoms. The number of amides is 1. The summed E-state index contributed by atoms with van der Waals surface area (Å²) in [6.45, 7) is -0.0392. The van der Waals surface area contributed by atoms with Gasteiger partial charge >= 0.3 is 6.18 Å². The van der Waals surface area contributed by atoms with Gasteiger partial charge in [0.05, 0.1) is 11.8 Å². The first-order valence-corrected chi connectivity index (χ1v) is 6.96. The van der Waals surface area contributed by atoms with Gasteiger partial charge in [-0.05, 0) is 35.7 Å². The molecule has 1 amide bonds. The molecule has 1 aromatic heterocycles. The first kappa shape index (κ1) is 17.0. The van der Waals surface area contributed by atoms with Gasteiger partial charge in [-0.3, -0.25) is 9.48 Å². The summed E-state index contributed by atoms with van der Waals surface area (Å²) in [7, 11) is 1.76. The molecule has 0 atom stereocenters. The quantitative estimate of drug-likeness (QED) is 0.886. The van der Waals surface area contributed by atoms with Crippen molar-refractivity contribution in [2.24, 2.45) is 12.8 Å². The van der Waals surface area contributed by atoms with Crippen LogP contribution in [0.2, 0.25) is 0 Å². The number of aryl methyl sites for hydroxylation is 2. The van der Waals surface area contributed by atoms with Crippen molar-refractivity contribution in [2.45, 2.75) is 25.6 Å². The molecule has 2 aromatic rings. The average molecular weight is 326 g/mol. The van der Waals surface area contributed by atoms with Gasteiger partial charge in [0.2, 0.25) is 5.91 Å². The number of carbonyl (C=O) groups is 1. The highest BCUT2D eigenvalue weighted by atomic mass is 19.4. The van der Waals surface area contributed by atoms with Gasteiger partial charge in [0.1, 0.15) is 0 Å². The van der Waals surface area contributed by atoms with Crippen LogP contribution in [0.25, 0.3) is 0 Å². The van der Waals surface area contributed by atoms with Gasteiger partial charge in [0, 0.05) is 31.9 Å². The molecule has 0 saturated heterocycles. The summed E-state index contributed by atoms with van der Waals surface area (Å²) in [5.74, 6) is -0.365. The molecule has 0 spiro atoms. The van der Waals surface area contributed by atoms with E-state index in [1.807, 2.05) is 0 Å². The number of benzene rings is 1. The summed E-state index contributed by atoms with van der Waals surface area (Å²) in [5, 5.41) is 6.47. The van der Waals surface area contributed by atoms with Crippen LogP contribution in [0.4, 0.5) is 18.9 Å². The van der Waals surface area contributed by atoms with Gasteiger partial charge in [-0.25, -0.2) is 0 Å². The number of anilines is 1. The van der Waals surface area contributed by atoms with Gasteiger partial charge in [-0.1, -0.05) is 0 Å². The molecule has 5 nitrogen and oxygen atoms in total. The number of nitrogens with two attached hydrogens (primary N) is 1. The normalized spacial score (nSPS) is 11.5. The molecule has 0 saturated carbocycles. The molecule has 0 fully saturated rings. The maximum Gasteiger partial charge on any atom is 0.416 e. The monoisotopic (exact) mass is 326 g/mol. The first-order chi connectivity index (χ1) is 10.8. The molecule has 3 N–H and O–H groups in total. The maximum atomic E-state index is 12.8. The van der Waals surface area contributed by atoms with Crippen molar-refractivity contribution in [3.8, 4) is 0 Å². The molecule has 0 aliphatic heterocycles. The minimum atomic E-state index is -4.49. The lowest BCUT2D eigenvalue weighted by Gasteiger charge is -2.12. The van der Waals surface area contributed by atoms with Crippen LogP contribution in [-0.2, 0) is 31.0 Å². The highest BCUT2D eigenvalue weighted by Crippen LogP contribution is 2.32. The smallest absolute Gasteiger partial charge is 0.326 e. The van der Waals surface area contributed by atoms with Crippen molar-refractivity contribution in [3.05, 3.63) is 47.3 Å². The number of hydrogen-bond acceptors (Lipinski definition) is 3. The molecule has 0 radical (unpaired) electrons. The summed E-state index contributed by atoms with van der Waals surface area (Å²) < 4.78 is 40.1. The van der Waals surface area contributed by atoms with Gasteiger partial charge in [-0.2, -0.15) is 18.3 Å². The van der Waals surface area contributed by atoms with Crippen LogP contribution >= 0.6 is 0 Å². The molecular formula is C15H17F3N4O. The Morgan fingerprint density at radius 1 is 1.30 bits per heavy atom. The number of nitrogens with one attached hydrogen (secondary N) is 1. The zero-order chi connectivity index (χ0) is 17.0. The topological polar surface area (TPSA) is 72.9 Å². The van der Waals surface area contributed by atoms with Crippen LogP contribution in [0, 0.1) is 0 Å². The molecule has 2 rings (SSSR count). The second-order valence-corrected chi connectivity index (χ2v) is 5.19. The van der Waals surface area contributed by atoms with Crippen molar-refractivity contribution in [2.75, 3.05) is 5.32 Å². The Kier molecular flexibility index (Phi) is 5.05. The maximum absolute atomic E-state index is 12.8. The minimum absolute atomic E-state index is 0.0392. The van der Waals surface area contributed by atoms with Crippen LogP contribution in [0.1, 0.15) is 23.1 Å². The second-order valence-electron chi connectivity index (χ2n) is 5.19. The molecule has 0 bridgehead atoms. The molecule has 124 valence electrons. The lowest BCUT2D eigenvalue weighted by Crippen LogP contribution is -2.14. The van der Waals surface area contributed by atoms with E-state index in [0.717, 1.165) is 17.7 Å². The summed E-state index contributed by atoms with van der Waals surface area (Å²) in [6.07, 6.45) is -0.448. The highest BCUT2D eigenvalue weighted by molar-refractivity contribution is 5.91. The summed E-state index contributed by atoms with van der Waals surface area (Å²) in [4.78, 5) is 11.9. The number of hydrogen-bond donors (Lipinski definition) is 2. The standard InChI is InChI=1S/C15H17F3N4O/c1-22-9-10(8-20-22)2-3-14(23)21-13-5-11(7-19)4-12(6-13)15(16,17)18/h4-6,8-9H,2-3,7,19H2,1H3,(H,21,23). The Bertz CT molecular complexity index is 694. The predicted octanol–water partition coefficient (Wildman–Crippen LogP) is 2.47. The van der Waals surface area contributed by atoms with E-state index in [4.69, 9.17) is 5.73 Å². The van der Waals surface area contributed by atoms with E-state index in [1.165, 1.54) is 6.07 Å². The third kappa shape index (κ3) is 4.82. The van der Waals surface area contributed by atoms with E-state index in [2.05, 4.69) is 10.4 Å². The van der Waals surface area contributed by atoms with Crippen LogP contribution in [0.15, 0.2) is 30.6 Å². The fourth-order valence-electron chi connectivity index (χ4n) is 2.13. The van der Waals surface area contributed by atoms with Crippen LogP contribution < -0.4 is 11.1 Å². The largest absolute Gasteiger partial charge is 0.416 e. The van der Waals surface area contributed by atoms with Gasteiger partial charge in [0.15, 0.2) is 0 Å². The SMILES string of the molecule is Cn1cc(CCC(=O)Nc2cc(CN)cc(C(F)(F)F)c2)cn1. The van der Waals surface area contributed by atoms with E-state index in [0.29, 0.717) is 12.0 Å². The Labute approximate surface area is 131 Å². The molecule has 0 unspecified atom stereocenters. The van der Waals surface area contributed by atoms with Gasteiger partial charge in [-0.15, -0.1) is 0 Å². The Morgan fingerprint density at radius 3 is 2.61 bits per heavy atom. The zero-order valence-electron chi connectivity index (χ0n) is 12.5. The molecular weight excluding hydrogens is 309 g/mol. The third-order valence-electron chi connectivity index (χ3n) is 3.24. The van der Waals surface area contributed by atoms with Gasteiger partial charge < -0.3 is 11.1 Å². The highest BCUT2D eigenvalue weighted by Gasteiger charge is 2.31. The minimum Gasteiger partial charge on any atom is -0.326 e. The number of halogens is 3. The Morgan fingerprint density at radius 2 is 2.04 bits per heavy atom. The summed E-state index contributed by atoms with van der Waals surface area (Å²) in [6, 6.07) is 3.32. The van der Waals surface area contributed by atoms with E-state index in [9.17, 15) is 18.0 Å². The zero-order valence-corrected chi connectivity index (χ0v) is 12.5. The lowest BCUT2D eigenvalue weighted by atomic mass is 10.1. The Hall–Kier alpha value is -2.35. The van der Waals surface area contributed by atoms with E-state index in [-0.39, 0.29) is 24.6 Å².